The Hall–Kier alpha value is -1.42. The monoisotopic (exact) mass is 436 g/mol. The molecule has 0 aromatic heterocycles. The van der Waals surface area contributed by atoms with E-state index >= 15 is 0 Å². The van der Waals surface area contributed by atoms with Gasteiger partial charge in [0.15, 0.2) is 0 Å². The second kappa shape index (κ2) is 8.52. The fourth-order valence-electron chi connectivity index (χ4n) is 4.42. The molecule has 4 rings (SSSR count). The molecule has 2 fully saturated rings. The molecule has 2 aromatic carbocycles. The minimum absolute atomic E-state index is 0.177. The van der Waals surface area contributed by atoms with E-state index in [1.165, 1.54) is 0 Å². The number of likely N-dealkylation sites (tertiary alicyclic amines) is 1. The number of carbonyl (C=O) groups is 1. The Kier molecular flexibility index (Phi) is 6.05. The molecule has 28 heavy (non-hydrogen) atoms. The van der Waals surface area contributed by atoms with Gasteiger partial charge in [-0.15, -0.1) is 0 Å². The molecular weight excluding hydrogens is 415 g/mol. The quantitative estimate of drug-likeness (QED) is 0.566. The van der Waals surface area contributed by atoms with Crippen molar-refractivity contribution in [2.45, 2.75) is 31.7 Å². The predicted molar refractivity (Wildman–Crippen MR) is 117 cm³/mol. The van der Waals surface area contributed by atoms with Crippen LogP contribution in [0.4, 0.5) is 5.69 Å². The Morgan fingerprint density at radius 3 is 2.39 bits per heavy atom. The first-order valence-electron chi connectivity index (χ1n) is 9.76. The molecule has 2 aromatic rings. The highest BCUT2D eigenvalue weighted by Crippen LogP contribution is 2.40. The minimum atomic E-state index is 0.177. The van der Waals surface area contributed by atoms with Gasteiger partial charge in [0.1, 0.15) is 0 Å². The first-order chi connectivity index (χ1) is 13.5. The van der Waals surface area contributed by atoms with Gasteiger partial charge in [-0.05, 0) is 67.1 Å². The van der Waals surface area contributed by atoms with Crippen molar-refractivity contribution in [2.24, 2.45) is 5.92 Å². The summed E-state index contributed by atoms with van der Waals surface area (Å²) in [5.74, 6) is 0.737. The minimum Gasteiger partial charge on any atom is -0.364 e. The molecule has 0 aliphatic carbocycles. The largest absolute Gasteiger partial charge is 0.364 e. The number of halogens is 3. The average molecular weight is 438 g/mol. The standard InChI is InChI=1S/C22H23Cl3N2O/c23-16-4-7-18(8-5-16)27-14-15(13-26-11-1-2-22(26)28)3-10-21(27)19-9-6-17(24)12-20(19)25/h4-9,12,15,21H,1-3,10-11,13-14H2/t15-,21?/m0/s1. The number of carbonyl (C=O) groups excluding carboxylic acids is 1. The summed E-state index contributed by atoms with van der Waals surface area (Å²) in [4.78, 5) is 16.5. The van der Waals surface area contributed by atoms with E-state index in [4.69, 9.17) is 34.8 Å². The van der Waals surface area contributed by atoms with Crippen LogP contribution in [-0.2, 0) is 4.79 Å². The van der Waals surface area contributed by atoms with Gasteiger partial charge in [0, 0.05) is 46.8 Å². The highest BCUT2D eigenvalue weighted by Gasteiger charge is 2.33. The number of hydrogen-bond donors (Lipinski definition) is 0. The van der Waals surface area contributed by atoms with Crippen LogP contribution in [0.25, 0.3) is 0 Å². The lowest BCUT2D eigenvalue weighted by Gasteiger charge is -2.43. The topological polar surface area (TPSA) is 23.6 Å². The number of nitrogens with zero attached hydrogens (tertiary/aromatic N) is 2. The fourth-order valence-corrected chi connectivity index (χ4v) is 5.08. The molecule has 0 bridgehead atoms. The molecule has 2 saturated heterocycles. The van der Waals surface area contributed by atoms with Gasteiger partial charge in [0.25, 0.3) is 0 Å². The molecule has 1 unspecified atom stereocenters. The van der Waals surface area contributed by atoms with Crippen molar-refractivity contribution >= 4 is 46.4 Å². The van der Waals surface area contributed by atoms with Crippen LogP contribution in [0, 0.1) is 5.92 Å². The third-order valence-corrected chi connectivity index (χ3v) is 6.62. The highest BCUT2D eigenvalue weighted by atomic mass is 35.5. The number of piperidine rings is 1. The van der Waals surface area contributed by atoms with E-state index in [9.17, 15) is 4.79 Å². The molecule has 6 heteroatoms. The van der Waals surface area contributed by atoms with Gasteiger partial charge < -0.3 is 9.80 Å². The Morgan fingerprint density at radius 1 is 0.964 bits per heavy atom. The van der Waals surface area contributed by atoms with Crippen molar-refractivity contribution in [3.63, 3.8) is 0 Å². The molecule has 0 N–H and O–H groups in total. The number of rotatable bonds is 4. The maximum atomic E-state index is 12.1. The fraction of sp³-hybridized carbons (Fsp3) is 0.409. The van der Waals surface area contributed by atoms with Crippen LogP contribution in [0.5, 0.6) is 0 Å². The lowest BCUT2D eigenvalue weighted by molar-refractivity contribution is -0.128. The number of anilines is 1. The van der Waals surface area contributed by atoms with Gasteiger partial charge in [-0.3, -0.25) is 4.79 Å². The van der Waals surface area contributed by atoms with E-state index in [1.807, 2.05) is 35.2 Å². The molecule has 2 aliphatic heterocycles. The molecular formula is C22H23Cl3N2O. The first kappa shape index (κ1) is 19.9. The first-order valence-corrected chi connectivity index (χ1v) is 10.9. The predicted octanol–water partition coefficient (Wildman–Crippen LogP) is 6.23. The molecule has 2 aliphatic rings. The van der Waals surface area contributed by atoms with Gasteiger partial charge in [0.05, 0.1) is 6.04 Å². The van der Waals surface area contributed by atoms with Crippen LogP contribution in [0.2, 0.25) is 15.1 Å². The second-order valence-corrected chi connectivity index (χ2v) is 8.98. The third-order valence-electron chi connectivity index (χ3n) is 5.81. The van der Waals surface area contributed by atoms with E-state index in [-0.39, 0.29) is 6.04 Å². The molecule has 148 valence electrons. The molecule has 1 amide bonds. The summed E-state index contributed by atoms with van der Waals surface area (Å²) < 4.78 is 0. The van der Waals surface area contributed by atoms with E-state index in [0.717, 1.165) is 55.2 Å². The summed E-state index contributed by atoms with van der Waals surface area (Å²) in [6, 6.07) is 13.9. The van der Waals surface area contributed by atoms with Gasteiger partial charge in [-0.1, -0.05) is 40.9 Å². The maximum absolute atomic E-state index is 12.1. The summed E-state index contributed by atoms with van der Waals surface area (Å²) in [5.41, 5.74) is 2.22. The molecule has 0 spiro atoms. The summed E-state index contributed by atoms with van der Waals surface area (Å²) in [5, 5.41) is 2.07. The van der Waals surface area contributed by atoms with Gasteiger partial charge >= 0.3 is 0 Å². The lowest BCUT2D eigenvalue weighted by Crippen LogP contribution is -2.43. The van der Waals surface area contributed by atoms with Crippen LogP contribution >= 0.6 is 34.8 Å². The van der Waals surface area contributed by atoms with Crippen LogP contribution in [0.3, 0.4) is 0 Å². The lowest BCUT2D eigenvalue weighted by atomic mass is 9.88. The van der Waals surface area contributed by atoms with E-state index in [2.05, 4.69) is 17.0 Å². The summed E-state index contributed by atoms with van der Waals surface area (Å²) in [7, 11) is 0. The second-order valence-electron chi connectivity index (χ2n) is 7.70. The third kappa shape index (κ3) is 4.27. The van der Waals surface area contributed by atoms with E-state index in [0.29, 0.717) is 28.3 Å². The zero-order valence-electron chi connectivity index (χ0n) is 15.6. The Balaban J connectivity index is 1.60. The van der Waals surface area contributed by atoms with Crippen LogP contribution in [0.1, 0.15) is 37.3 Å². The highest BCUT2D eigenvalue weighted by molar-refractivity contribution is 6.35. The normalized spacial score (nSPS) is 22.8. The zero-order valence-corrected chi connectivity index (χ0v) is 17.9. The molecule has 0 saturated carbocycles. The molecule has 3 nitrogen and oxygen atoms in total. The van der Waals surface area contributed by atoms with Crippen LogP contribution in [-0.4, -0.2) is 30.4 Å². The Morgan fingerprint density at radius 2 is 1.71 bits per heavy atom. The van der Waals surface area contributed by atoms with Gasteiger partial charge in [-0.2, -0.15) is 0 Å². The number of hydrogen-bond acceptors (Lipinski definition) is 2. The number of amides is 1. The number of benzene rings is 2. The van der Waals surface area contributed by atoms with Crippen molar-refractivity contribution < 1.29 is 4.79 Å². The zero-order chi connectivity index (χ0) is 19.7. The molecule has 2 heterocycles. The van der Waals surface area contributed by atoms with Crippen molar-refractivity contribution in [1.82, 2.24) is 4.90 Å². The van der Waals surface area contributed by atoms with Crippen molar-refractivity contribution in [2.75, 3.05) is 24.5 Å². The van der Waals surface area contributed by atoms with Gasteiger partial charge in [-0.25, -0.2) is 0 Å². The van der Waals surface area contributed by atoms with Crippen molar-refractivity contribution in [3.05, 3.63) is 63.1 Å². The Bertz CT molecular complexity index is 855. The molecule has 0 radical (unpaired) electrons. The van der Waals surface area contributed by atoms with Crippen molar-refractivity contribution in [3.8, 4) is 0 Å². The smallest absolute Gasteiger partial charge is 0.222 e. The Labute approximate surface area is 181 Å². The SMILES string of the molecule is O=C1CCCN1C[C@@H]1CCC(c2ccc(Cl)cc2Cl)N(c2ccc(Cl)cc2)C1. The summed E-state index contributed by atoms with van der Waals surface area (Å²) in [6.45, 7) is 2.61. The van der Waals surface area contributed by atoms with Crippen LogP contribution < -0.4 is 4.90 Å². The van der Waals surface area contributed by atoms with Gasteiger partial charge in [0.2, 0.25) is 5.91 Å². The van der Waals surface area contributed by atoms with Crippen LogP contribution in [0.15, 0.2) is 42.5 Å². The summed E-state index contributed by atoms with van der Waals surface area (Å²) >= 11 is 18.8. The summed E-state index contributed by atoms with van der Waals surface area (Å²) in [6.07, 6.45) is 3.72. The average Bonchev–Trinajstić information content (AvgIpc) is 3.07. The van der Waals surface area contributed by atoms with E-state index in [1.54, 1.807) is 0 Å². The van der Waals surface area contributed by atoms with Crippen molar-refractivity contribution in [1.29, 1.82) is 0 Å². The maximum Gasteiger partial charge on any atom is 0.222 e. The van der Waals surface area contributed by atoms with E-state index < -0.39 is 0 Å². The molecule has 2 atom stereocenters.